The van der Waals surface area contributed by atoms with E-state index in [2.05, 4.69) is 220 Å². The number of hydrogen-bond donors (Lipinski definition) is 0. The zero-order chi connectivity index (χ0) is 50.4. The van der Waals surface area contributed by atoms with Crippen molar-refractivity contribution in [2.45, 2.75) is 83.0 Å². The highest BCUT2D eigenvalue weighted by molar-refractivity contribution is 7.26. The van der Waals surface area contributed by atoms with Crippen molar-refractivity contribution in [2.24, 2.45) is 5.92 Å². The number of aromatic nitrogens is 4. The molecule has 2 atom stereocenters. The first-order chi connectivity index (χ1) is 36.8. The molecule has 4 nitrogen and oxygen atoms in total. The van der Waals surface area contributed by atoms with E-state index in [9.17, 15) is 0 Å². The summed E-state index contributed by atoms with van der Waals surface area (Å²) in [5, 5.41) is 4.20. The van der Waals surface area contributed by atoms with Crippen molar-refractivity contribution < 1.29 is 9.13 Å². The Bertz CT molecular complexity index is 3970. The number of benzene rings is 7. The van der Waals surface area contributed by atoms with E-state index in [-0.39, 0.29) is 12.0 Å². The summed E-state index contributed by atoms with van der Waals surface area (Å²) in [7, 11) is -1.77. The zero-order valence-corrected chi connectivity index (χ0v) is 45.1. The highest BCUT2D eigenvalue weighted by Crippen LogP contribution is 2.50. The molecule has 0 spiro atoms. The molecule has 6 heterocycles. The summed E-state index contributed by atoms with van der Waals surface area (Å²) in [5.74, 6) is 2.22. The number of nitrogens with zero attached hydrogens (tertiary/aromatic N) is 4. The Morgan fingerprint density at radius 1 is 0.653 bits per heavy atom. The Labute approximate surface area is 446 Å². The molecule has 2 aliphatic heterocycles. The summed E-state index contributed by atoms with van der Waals surface area (Å²) in [6, 6.07) is 66.5. The van der Waals surface area contributed by atoms with E-state index < -0.39 is 8.07 Å². The van der Waals surface area contributed by atoms with Crippen LogP contribution in [0.5, 0.6) is 0 Å². The Kier molecular flexibility index (Phi) is 11.3. The third kappa shape index (κ3) is 7.78. The average Bonchev–Trinajstić information content (AvgIpc) is 4.26. The lowest BCUT2D eigenvalue weighted by Gasteiger charge is -2.33. The van der Waals surface area contributed by atoms with Crippen molar-refractivity contribution in [1.29, 1.82) is 0 Å². The van der Waals surface area contributed by atoms with Crippen molar-refractivity contribution in [2.75, 3.05) is 0 Å². The van der Waals surface area contributed by atoms with Crippen molar-refractivity contribution in [3.8, 4) is 61.7 Å². The number of thiophene rings is 1. The number of aryl methyl sites for hydroxylation is 1. The smallest absolute Gasteiger partial charge is 0.265 e. The lowest BCUT2D eigenvalue weighted by molar-refractivity contribution is -0.719. The lowest BCUT2D eigenvalue weighted by Crippen LogP contribution is -2.54. The van der Waals surface area contributed by atoms with Crippen LogP contribution in [0.4, 0.5) is 0 Å². The van der Waals surface area contributed by atoms with Crippen LogP contribution in [0.15, 0.2) is 201 Å². The molecule has 366 valence electrons. The molecule has 0 amide bonds. The van der Waals surface area contributed by atoms with Gasteiger partial charge in [0, 0.05) is 61.7 Å². The fourth-order valence-corrected chi connectivity index (χ4v) is 16.6. The second-order valence-electron chi connectivity index (χ2n) is 22.6. The van der Waals surface area contributed by atoms with Gasteiger partial charge in [0.15, 0.2) is 23.3 Å². The van der Waals surface area contributed by atoms with Gasteiger partial charge in [-0.05, 0) is 101 Å². The van der Waals surface area contributed by atoms with E-state index in [1.54, 1.807) is 10.8 Å². The van der Waals surface area contributed by atoms with Gasteiger partial charge in [-0.25, -0.2) is 0 Å². The van der Waals surface area contributed by atoms with E-state index in [0.29, 0.717) is 0 Å². The van der Waals surface area contributed by atoms with E-state index in [1.165, 1.54) is 119 Å². The summed E-state index contributed by atoms with van der Waals surface area (Å²) < 4.78 is 10.6. The molecule has 1 aliphatic carbocycles. The highest BCUT2D eigenvalue weighted by Gasteiger charge is 2.45. The molecule has 7 aromatic carbocycles. The van der Waals surface area contributed by atoms with Crippen LogP contribution < -0.4 is 14.3 Å². The van der Waals surface area contributed by atoms with Crippen LogP contribution in [-0.4, -0.2) is 17.6 Å². The molecular formula is C69H62N4SSi+2. The molecule has 0 bridgehead atoms. The minimum atomic E-state index is -1.77. The van der Waals surface area contributed by atoms with Gasteiger partial charge in [-0.1, -0.05) is 185 Å². The van der Waals surface area contributed by atoms with Crippen LogP contribution in [0.2, 0.25) is 19.6 Å². The van der Waals surface area contributed by atoms with Gasteiger partial charge in [0.05, 0.1) is 24.8 Å². The second kappa shape index (κ2) is 18.4. The van der Waals surface area contributed by atoms with Crippen LogP contribution in [0.1, 0.15) is 67.2 Å². The summed E-state index contributed by atoms with van der Waals surface area (Å²) >= 11 is 1.94. The summed E-state index contributed by atoms with van der Waals surface area (Å²) in [5.41, 5.74) is 20.3. The molecule has 11 aromatic rings. The summed E-state index contributed by atoms with van der Waals surface area (Å²) in [6.45, 7) is 13.0. The minimum Gasteiger partial charge on any atom is -0.265 e. The first-order valence-corrected chi connectivity index (χ1v) is 31.6. The van der Waals surface area contributed by atoms with Gasteiger partial charge in [-0.3, -0.25) is 4.98 Å². The number of hydrogen-bond acceptors (Lipinski definition) is 2. The molecule has 1 saturated carbocycles. The predicted molar refractivity (Wildman–Crippen MR) is 317 cm³/mol. The largest absolute Gasteiger partial charge is 0.301 e. The third-order valence-electron chi connectivity index (χ3n) is 17.1. The van der Waals surface area contributed by atoms with Gasteiger partial charge >= 0.3 is 5.82 Å². The average molecular weight is 1010 g/mol. The van der Waals surface area contributed by atoms with Crippen LogP contribution in [0.25, 0.3) is 98.6 Å². The molecule has 14 rings (SSSR count). The fraction of sp³-hybridized carbons (Fsp3) is 0.203. The van der Waals surface area contributed by atoms with Gasteiger partial charge in [0.2, 0.25) is 5.69 Å². The van der Waals surface area contributed by atoms with Crippen LogP contribution >= 0.6 is 11.3 Å². The Hall–Kier alpha value is -7.51. The molecule has 0 N–H and O–H groups in total. The maximum Gasteiger partial charge on any atom is 0.301 e. The molecule has 3 aliphatic rings. The van der Waals surface area contributed by atoms with Gasteiger partial charge in [0.25, 0.3) is 0 Å². The number of rotatable bonds is 7. The SMILES string of the molecule is C=C1CC2C(CCc3ccc4c(sc5cc(-c6ccncc6)ccc54)c3-c3n(-c4c(-c5ccccc5)cccc4-c4ccccc4)c4ccccc4[n+]31)c1ccccc1-c1cc(CC3CCCC3)c([Si](C)(C)C)c[n+]12. The molecule has 1 fully saturated rings. The normalized spacial score (nSPS) is 16.7. The molecular weight excluding hydrogens is 945 g/mol. The van der Waals surface area contributed by atoms with E-state index >= 15 is 0 Å². The number of para-hydroxylation sites is 3. The van der Waals surface area contributed by atoms with E-state index in [4.69, 9.17) is 6.58 Å². The first kappa shape index (κ1) is 46.1. The summed E-state index contributed by atoms with van der Waals surface area (Å²) in [6.07, 6.45) is 15.8. The maximum atomic E-state index is 5.31. The maximum absolute atomic E-state index is 5.31. The third-order valence-corrected chi connectivity index (χ3v) is 20.4. The first-order valence-electron chi connectivity index (χ1n) is 27.3. The number of fused-ring (bicyclic) bond motifs is 15. The molecule has 4 aromatic heterocycles. The lowest BCUT2D eigenvalue weighted by atomic mass is 9.77. The van der Waals surface area contributed by atoms with Crippen molar-refractivity contribution in [3.63, 3.8) is 0 Å². The van der Waals surface area contributed by atoms with Gasteiger partial charge in [-0.2, -0.15) is 13.7 Å². The topological polar surface area (TPSA) is 25.6 Å². The van der Waals surface area contributed by atoms with Crippen molar-refractivity contribution in [1.82, 2.24) is 9.55 Å². The Balaban J connectivity index is 1.07. The molecule has 6 heteroatoms. The Morgan fingerprint density at radius 2 is 1.33 bits per heavy atom. The minimum absolute atomic E-state index is 0.165. The van der Waals surface area contributed by atoms with Crippen molar-refractivity contribution in [3.05, 3.63) is 218 Å². The van der Waals surface area contributed by atoms with E-state index in [0.717, 1.165) is 47.7 Å². The number of pyridine rings is 2. The van der Waals surface area contributed by atoms with Crippen molar-refractivity contribution >= 4 is 61.5 Å². The van der Waals surface area contributed by atoms with Gasteiger partial charge in [0.1, 0.15) is 11.4 Å². The Morgan fingerprint density at radius 3 is 2.08 bits per heavy atom. The zero-order valence-electron chi connectivity index (χ0n) is 43.3. The van der Waals surface area contributed by atoms with E-state index in [1.807, 2.05) is 23.7 Å². The monoisotopic (exact) mass is 1010 g/mol. The van der Waals surface area contributed by atoms with Crippen LogP contribution in [0.3, 0.4) is 0 Å². The molecule has 2 unspecified atom stereocenters. The van der Waals surface area contributed by atoms with Gasteiger partial charge in [-0.15, -0.1) is 11.3 Å². The fourth-order valence-electron chi connectivity index (χ4n) is 13.6. The number of imidazole rings is 1. The predicted octanol–water partition coefficient (Wildman–Crippen LogP) is 16.7. The molecule has 0 saturated heterocycles. The quantitative estimate of drug-likeness (QED) is 0.115. The highest BCUT2D eigenvalue weighted by atomic mass is 32.1. The molecule has 75 heavy (non-hydrogen) atoms. The molecule has 0 radical (unpaired) electrons. The van der Waals surface area contributed by atoms with Crippen LogP contribution in [-0.2, 0) is 12.8 Å². The second-order valence-corrected chi connectivity index (χ2v) is 28.7. The van der Waals surface area contributed by atoms with Gasteiger partial charge < -0.3 is 0 Å². The standard InChI is InChI=1S/C69H62N4SSi/c1-45-40-62-57(55-24-13-14-25-56(55)63-42-52(41-46-18-11-12-19-46)65(44-71(62)63)75(2,3)4)33-30-50-31-35-59-58-34-32-51(47-36-38-70-39-37-47)43-64(58)74-68(59)66(50)69-72(45)60-28-15-16-29-61(60)73(69)67-53(48-20-7-5-8-21-48)26-17-27-54(67)49-22-9-6-10-23-49/h5-10,13-17,20-29,31-32,34-39,42-44,46,57,62H,1,11-12,18-19,30,33,40-41H2,2-4H3/q+2. The summed E-state index contributed by atoms with van der Waals surface area (Å²) in [4.78, 5) is 4.35. The number of allylic oxidation sites excluding steroid dienone is 1. The van der Waals surface area contributed by atoms with Crippen LogP contribution in [0, 0.1) is 5.92 Å².